The number of nitrogens with zero attached hydrogens (tertiary/aromatic N) is 2. The van der Waals surface area contributed by atoms with Crippen LogP contribution in [0.25, 0.3) is 0 Å². The summed E-state index contributed by atoms with van der Waals surface area (Å²) < 4.78 is 23.3. The van der Waals surface area contributed by atoms with E-state index in [1.54, 1.807) is 19.1 Å². The first-order valence-electron chi connectivity index (χ1n) is 4.84. The highest BCUT2D eigenvalue weighted by molar-refractivity contribution is 8.05. The lowest BCUT2D eigenvalue weighted by molar-refractivity contribution is 0.591. The van der Waals surface area contributed by atoms with Crippen molar-refractivity contribution in [3.05, 3.63) is 29.3 Å². The molecule has 0 fully saturated rings. The van der Waals surface area contributed by atoms with Crippen molar-refractivity contribution < 1.29 is 8.42 Å². The molecule has 17 heavy (non-hydrogen) atoms. The van der Waals surface area contributed by atoms with Crippen LogP contribution in [0.2, 0.25) is 0 Å². The maximum absolute atomic E-state index is 12.1. The van der Waals surface area contributed by atoms with E-state index in [0.29, 0.717) is 6.42 Å². The smallest absolute Gasteiger partial charge is 0.191 e. The molecule has 1 aromatic carbocycles. The molecule has 0 radical (unpaired) electrons. The Labute approximate surface area is 106 Å². The summed E-state index contributed by atoms with van der Waals surface area (Å²) in [5.74, 6) is 0. The van der Waals surface area contributed by atoms with Crippen LogP contribution >= 0.6 is 12.6 Å². The molecule has 0 aromatic heterocycles. The standard InChI is InChI=1S/C11H10N2O2S2/c1-2-11(16)17(14,15)10-5-3-4-8(6-12)9(10)7-13/h3-5,11,16H,2H2,1H3. The minimum atomic E-state index is -3.67. The van der Waals surface area contributed by atoms with Crippen LogP contribution < -0.4 is 0 Å². The van der Waals surface area contributed by atoms with E-state index in [1.165, 1.54) is 18.2 Å². The highest BCUT2D eigenvalue weighted by Crippen LogP contribution is 2.25. The number of hydrogen-bond donors (Lipinski definition) is 1. The molecule has 0 bridgehead atoms. The van der Waals surface area contributed by atoms with E-state index in [1.807, 2.05) is 0 Å². The highest BCUT2D eigenvalue weighted by Gasteiger charge is 2.26. The molecule has 0 amide bonds. The summed E-state index contributed by atoms with van der Waals surface area (Å²) in [5, 5.41) is 17.8. The second-order valence-electron chi connectivity index (χ2n) is 3.31. The Kier molecular flexibility index (Phi) is 4.17. The third-order valence-electron chi connectivity index (χ3n) is 2.27. The van der Waals surface area contributed by atoms with Crippen LogP contribution in [0.1, 0.15) is 24.5 Å². The SMILES string of the molecule is CCC(S)S(=O)(=O)c1cccc(C#N)c1C#N. The van der Waals surface area contributed by atoms with Crippen LogP contribution in [-0.4, -0.2) is 13.0 Å². The average Bonchev–Trinajstić information content (AvgIpc) is 2.36. The normalized spacial score (nSPS) is 12.5. The van der Waals surface area contributed by atoms with Gasteiger partial charge in [0.1, 0.15) is 16.7 Å². The molecule has 1 aromatic rings. The molecule has 0 heterocycles. The van der Waals surface area contributed by atoms with Gasteiger partial charge in [0.15, 0.2) is 9.84 Å². The third-order valence-corrected chi connectivity index (χ3v) is 5.47. The first kappa shape index (κ1) is 13.6. The first-order chi connectivity index (χ1) is 7.98. The molecule has 0 aliphatic rings. The first-order valence-corrected chi connectivity index (χ1v) is 6.90. The summed E-state index contributed by atoms with van der Waals surface area (Å²) in [6.07, 6.45) is 0.326. The molecular weight excluding hydrogens is 256 g/mol. The van der Waals surface area contributed by atoms with E-state index in [9.17, 15) is 8.42 Å². The van der Waals surface area contributed by atoms with Gasteiger partial charge in [-0.1, -0.05) is 13.0 Å². The molecule has 4 nitrogen and oxygen atoms in total. The largest absolute Gasteiger partial charge is 0.223 e. The van der Waals surface area contributed by atoms with Crippen molar-refractivity contribution in [3.63, 3.8) is 0 Å². The fourth-order valence-corrected chi connectivity index (χ4v) is 3.12. The van der Waals surface area contributed by atoms with Crippen molar-refractivity contribution >= 4 is 22.5 Å². The zero-order valence-electron chi connectivity index (χ0n) is 9.08. The van der Waals surface area contributed by atoms with Gasteiger partial charge in [0, 0.05) is 0 Å². The zero-order valence-corrected chi connectivity index (χ0v) is 10.8. The molecule has 1 rings (SSSR count). The Hall–Kier alpha value is -1.50. The lowest BCUT2D eigenvalue weighted by Crippen LogP contribution is -2.16. The monoisotopic (exact) mass is 266 g/mol. The lowest BCUT2D eigenvalue weighted by Gasteiger charge is -2.11. The van der Waals surface area contributed by atoms with Gasteiger partial charge < -0.3 is 0 Å². The Balaban J connectivity index is 3.56. The maximum Gasteiger partial charge on any atom is 0.191 e. The van der Waals surface area contributed by atoms with E-state index < -0.39 is 14.4 Å². The van der Waals surface area contributed by atoms with E-state index in [0.717, 1.165) is 0 Å². The van der Waals surface area contributed by atoms with E-state index in [2.05, 4.69) is 12.6 Å². The Morgan fingerprint density at radius 2 is 2.00 bits per heavy atom. The van der Waals surface area contributed by atoms with Gasteiger partial charge >= 0.3 is 0 Å². The average molecular weight is 266 g/mol. The van der Waals surface area contributed by atoms with Gasteiger partial charge in [-0.05, 0) is 18.6 Å². The van der Waals surface area contributed by atoms with Gasteiger partial charge in [-0.3, -0.25) is 0 Å². The molecule has 0 aliphatic carbocycles. The number of rotatable bonds is 3. The summed E-state index contributed by atoms with van der Waals surface area (Å²) in [7, 11) is -3.67. The van der Waals surface area contributed by atoms with Gasteiger partial charge in [-0.2, -0.15) is 23.2 Å². The number of sulfone groups is 1. The molecule has 1 unspecified atom stereocenters. The van der Waals surface area contributed by atoms with Crippen molar-refractivity contribution in [2.24, 2.45) is 0 Å². The Morgan fingerprint density at radius 1 is 1.35 bits per heavy atom. The minimum absolute atomic E-state index is 0.0604. The van der Waals surface area contributed by atoms with Crippen molar-refractivity contribution in [1.82, 2.24) is 0 Å². The third kappa shape index (κ3) is 2.44. The Bertz CT molecular complexity index is 609. The fourth-order valence-electron chi connectivity index (χ4n) is 1.34. The summed E-state index contributed by atoms with van der Waals surface area (Å²) in [6.45, 7) is 1.69. The van der Waals surface area contributed by atoms with Crippen molar-refractivity contribution in [1.29, 1.82) is 10.5 Å². The minimum Gasteiger partial charge on any atom is -0.223 e. The quantitative estimate of drug-likeness (QED) is 0.847. The molecule has 0 spiro atoms. The van der Waals surface area contributed by atoms with Crippen LogP contribution in [0.4, 0.5) is 0 Å². The van der Waals surface area contributed by atoms with Crippen LogP contribution in [0.3, 0.4) is 0 Å². The number of thiol groups is 1. The molecular formula is C11H10N2O2S2. The number of benzene rings is 1. The summed E-state index contributed by atoms with van der Waals surface area (Å²) in [4.78, 5) is -0.124. The summed E-state index contributed by atoms with van der Waals surface area (Å²) in [6, 6.07) is 7.76. The van der Waals surface area contributed by atoms with Gasteiger partial charge in [-0.25, -0.2) is 8.42 Å². The van der Waals surface area contributed by atoms with Crippen molar-refractivity contribution in [2.45, 2.75) is 22.8 Å². The van der Waals surface area contributed by atoms with E-state index >= 15 is 0 Å². The molecule has 6 heteroatoms. The zero-order chi connectivity index (χ0) is 13.1. The number of hydrogen-bond acceptors (Lipinski definition) is 5. The molecule has 0 N–H and O–H groups in total. The predicted octanol–water partition coefficient (Wildman–Crippen LogP) is 1.87. The van der Waals surface area contributed by atoms with E-state index in [4.69, 9.17) is 10.5 Å². The summed E-state index contributed by atoms with van der Waals surface area (Å²) >= 11 is 3.99. The molecule has 0 saturated carbocycles. The van der Waals surface area contributed by atoms with Gasteiger partial charge in [0.2, 0.25) is 0 Å². The predicted molar refractivity (Wildman–Crippen MR) is 66.1 cm³/mol. The molecule has 1 atom stereocenters. The van der Waals surface area contributed by atoms with Crippen molar-refractivity contribution in [2.75, 3.05) is 0 Å². The van der Waals surface area contributed by atoms with Crippen LogP contribution in [0.5, 0.6) is 0 Å². The van der Waals surface area contributed by atoms with E-state index in [-0.39, 0.29) is 16.0 Å². The molecule has 0 aliphatic heterocycles. The van der Waals surface area contributed by atoms with Crippen LogP contribution in [0.15, 0.2) is 23.1 Å². The van der Waals surface area contributed by atoms with Crippen LogP contribution in [0, 0.1) is 22.7 Å². The lowest BCUT2D eigenvalue weighted by atomic mass is 10.1. The number of nitriles is 2. The van der Waals surface area contributed by atoms with Crippen LogP contribution in [-0.2, 0) is 9.84 Å². The maximum atomic E-state index is 12.1. The molecule has 0 saturated heterocycles. The summed E-state index contributed by atoms with van der Waals surface area (Å²) in [5.41, 5.74) is -0.0484. The Morgan fingerprint density at radius 3 is 2.47 bits per heavy atom. The second kappa shape index (κ2) is 5.22. The van der Waals surface area contributed by atoms with Gasteiger partial charge in [-0.15, -0.1) is 0 Å². The highest BCUT2D eigenvalue weighted by atomic mass is 32.2. The van der Waals surface area contributed by atoms with Gasteiger partial charge in [0.25, 0.3) is 0 Å². The second-order valence-corrected chi connectivity index (χ2v) is 6.38. The van der Waals surface area contributed by atoms with Gasteiger partial charge in [0.05, 0.1) is 16.0 Å². The fraction of sp³-hybridized carbons (Fsp3) is 0.273. The van der Waals surface area contributed by atoms with Crippen molar-refractivity contribution in [3.8, 4) is 12.1 Å². The molecule has 88 valence electrons. The topological polar surface area (TPSA) is 81.7 Å².